The Kier molecular flexibility index (Phi) is 5.96. The average Bonchev–Trinajstić information content (AvgIpc) is 3.42. The van der Waals surface area contributed by atoms with E-state index in [1.54, 1.807) is 6.92 Å². The minimum atomic E-state index is 0.102. The van der Waals surface area contributed by atoms with Crippen molar-refractivity contribution in [3.63, 3.8) is 0 Å². The largest absolute Gasteiger partial charge is 0.491 e. The first-order valence-electron chi connectivity index (χ1n) is 8.74. The summed E-state index contributed by atoms with van der Waals surface area (Å²) in [4.78, 5) is 27.3. The molecule has 1 aliphatic heterocycles. The van der Waals surface area contributed by atoms with Crippen molar-refractivity contribution >= 4 is 33.4 Å². The Balaban J connectivity index is 1.42. The number of ether oxygens (including phenoxy) is 1. The second-order valence-corrected chi connectivity index (χ2v) is 7.46. The average molecular weight is 410 g/mol. The lowest BCUT2D eigenvalue weighted by atomic mass is 10.3. The van der Waals surface area contributed by atoms with E-state index < -0.39 is 0 Å². The molecule has 25 heavy (non-hydrogen) atoms. The fraction of sp³-hybridized carbons (Fsp3) is 0.556. The summed E-state index contributed by atoms with van der Waals surface area (Å²) < 4.78 is 6.69. The molecule has 1 N–H and O–H groups in total. The van der Waals surface area contributed by atoms with Crippen LogP contribution in [0.15, 0.2) is 22.7 Å². The van der Waals surface area contributed by atoms with Gasteiger partial charge in [-0.25, -0.2) is 0 Å². The Bertz CT molecular complexity index is 640. The smallest absolute Gasteiger partial charge is 0.227 e. The summed E-state index contributed by atoms with van der Waals surface area (Å²) in [6, 6.07) is 5.62. The molecule has 0 aromatic heterocycles. The second kappa shape index (κ2) is 8.19. The molecule has 0 bridgehead atoms. The van der Waals surface area contributed by atoms with Gasteiger partial charge >= 0.3 is 0 Å². The minimum absolute atomic E-state index is 0.102. The lowest BCUT2D eigenvalue weighted by molar-refractivity contribution is -0.130. The summed E-state index contributed by atoms with van der Waals surface area (Å²) in [6.07, 6.45) is 1.99. The predicted molar refractivity (Wildman–Crippen MR) is 99.7 cm³/mol. The summed E-state index contributed by atoms with van der Waals surface area (Å²) in [5.74, 6) is 1.21. The van der Waals surface area contributed by atoms with Gasteiger partial charge in [-0.3, -0.25) is 14.5 Å². The first-order valence-corrected chi connectivity index (χ1v) is 9.53. The molecular weight excluding hydrogens is 386 g/mol. The van der Waals surface area contributed by atoms with E-state index in [2.05, 4.69) is 26.1 Å². The third-order valence-electron chi connectivity index (χ3n) is 4.63. The van der Waals surface area contributed by atoms with E-state index in [1.807, 2.05) is 23.1 Å². The van der Waals surface area contributed by atoms with Crippen LogP contribution in [0.2, 0.25) is 0 Å². The number of carbonyl (C=O) groups is 2. The van der Waals surface area contributed by atoms with Gasteiger partial charge in [0.2, 0.25) is 11.8 Å². The molecule has 1 saturated carbocycles. The Morgan fingerprint density at radius 3 is 2.56 bits per heavy atom. The molecule has 1 aromatic rings. The van der Waals surface area contributed by atoms with Crippen molar-refractivity contribution < 1.29 is 14.3 Å². The fourth-order valence-electron chi connectivity index (χ4n) is 2.86. The molecule has 1 aliphatic carbocycles. The van der Waals surface area contributed by atoms with Crippen LogP contribution in [0.3, 0.4) is 0 Å². The molecule has 0 unspecified atom stereocenters. The summed E-state index contributed by atoms with van der Waals surface area (Å²) >= 11 is 3.51. The number of nitrogens with zero attached hydrogens (tertiary/aromatic N) is 2. The molecule has 136 valence electrons. The SMILES string of the molecule is CC(=O)N1CCN(CCOc2ccc(NC(=O)C3CC3)cc2Br)CC1. The van der Waals surface area contributed by atoms with Gasteiger partial charge < -0.3 is 15.0 Å². The van der Waals surface area contributed by atoms with Crippen LogP contribution in [0.4, 0.5) is 5.69 Å². The number of benzene rings is 1. The van der Waals surface area contributed by atoms with Gasteiger partial charge in [0.1, 0.15) is 12.4 Å². The summed E-state index contributed by atoms with van der Waals surface area (Å²) in [7, 11) is 0. The number of hydrogen-bond acceptors (Lipinski definition) is 4. The van der Waals surface area contributed by atoms with Crippen LogP contribution in [0, 0.1) is 5.92 Å². The molecule has 1 heterocycles. The third-order valence-corrected chi connectivity index (χ3v) is 5.25. The van der Waals surface area contributed by atoms with Gasteiger partial charge in [0, 0.05) is 51.3 Å². The number of carbonyl (C=O) groups excluding carboxylic acids is 2. The Morgan fingerprint density at radius 2 is 1.96 bits per heavy atom. The van der Waals surface area contributed by atoms with E-state index in [1.165, 1.54) is 0 Å². The van der Waals surface area contributed by atoms with Gasteiger partial charge in [0.25, 0.3) is 0 Å². The number of hydrogen-bond donors (Lipinski definition) is 1. The van der Waals surface area contributed by atoms with E-state index in [0.29, 0.717) is 6.61 Å². The zero-order chi connectivity index (χ0) is 17.8. The maximum atomic E-state index is 11.8. The Morgan fingerprint density at radius 1 is 1.24 bits per heavy atom. The maximum absolute atomic E-state index is 11.8. The highest BCUT2D eigenvalue weighted by Gasteiger charge is 2.29. The van der Waals surface area contributed by atoms with Gasteiger partial charge in [-0.1, -0.05) is 0 Å². The number of halogens is 1. The van der Waals surface area contributed by atoms with Crippen molar-refractivity contribution in [1.29, 1.82) is 0 Å². The van der Waals surface area contributed by atoms with Crippen LogP contribution < -0.4 is 10.1 Å². The van der Waals surface area contributed by atoms with Crippen molar-refractivity contribution in [3.8, 4) is 5.75 Å². The topological polar surface area (TPSA) is 61.9 Å². The number of nitrogens with one attached hydrogen (secondary N) is 1. The van der Waals surface area contributed by atoms with Gasteiger partial charge in [-0.05, 0) is 47.0 Å². The lowest BCUT2D eigenvalue weighted by Crippen LogP contribution is -2.48. The highest BCUT2D eigenvalue weighted by molar-refractivity contribution is 9.10. The van der Waals surface area contributed by atoms with Gasteiger partial charge in [-0.15, -0.1) is 0 Å². The van der Waals surface area contributed by atoms with Crippen molar-refractivity contribution in [2.24, 2.45) is 5.92 Å². The van der Waals surface area contributed by atoms with Crippen LogP contribution in [-0.2, 0) is 9.59 Å². The van der Waals surface area contributed by atoms with E-state index in [-0.39, 0.29) is 17.7 Å². The zero-order valence-corrected chi connectivity index (χ0v) is 16.0. The summed E-state index contributed by atoms with van der Waals surface area (Å²) in [5, 5.41) is 2.93. The molecule has 7 heteroatoms. The molecule has 1 saturated heterocycles. The molecule has 2 fully saturated rings. The van der Waals surface area contributed by atoms with Gasteiger partial charge in [0.15, 0.2) is 0 Å². The molecule has 3 rings (SSSR count). The number of piperazine rings is 1. The van der Waals surface area contributed by atoms with Crippen LogP contribution >= 0.6 is 15.9 Å². The molecule has 0 spiro atoms. The highest BCUT2D eigenvalue weighted by atomic mass is 79.9. The first-order chi connectivity index (χ1) is 12.0. The van der Waals surface area contributed by atoms with E-state index in [0.717, 1.165) is 61.5 Å². The second-order valence-electron chi connectivity index (χ2n) is 6.60. The van der Waals surface area contributed by atoms with Crippen LogP contribution in [-0.4, -0.2) is 60.9 Å². The summed E-state index contributed by atoms with van der Waals surface area (Å²) in [6.45, 7) is 6.38. The lowest BCUT2D eigenvalue weighted by Gasteiger charge is -2.34. The predicted octanol–water partition coefficient (Wildman–Crippen LogP) is 2.34. The molecule has 6 nitrogen and oxygen atoms in total. The highest BCUT2D eigenvalue weighted by Crippen LogP contribution is 2.32. The van der Waals surface area contributed by atoms with Crippen LogP contribution in [0.1, 0.15) is 19.8 Å². The Labute approximate surface area is 156 Å². The van der Waals surface area contributed by atoms with Gasteiger partial charge in [-0.2, -0.15) is 0 Å². The normalized spacial score (nSPS) is 18.1. The monoisotopic (exact) mass is 409 g/mol. The van der Waals surface area contributed by atoms with E-state index in [4.69, 9.17) is 4.74 Å². The summed E-state index contributed by atoms with van der Waals surface area (Å²) in [5.41, 5.74) is 0.788. The number of amides is 2. The fourth-order valence-corrected chi connectivity index (χ4v) is 3.35. The molecule has 0 radical (unpaired) electrons. The number of rotatable bonds is 6. The minimum Gasteiger partial charge on any atom is -0.491 e. The molecule has 2 aliphatic rings. The molecule has 1 aromatic carbocycles. The van der Waals surface area contributed by atoms with E-state index >= 15 is 0 Å². The van der Waals surface area contributed by atoms with Crippen molar-refractivity contribution in [1.82, 2.24) is 9.80 Å². The van der Waals surface area contributed by atoms with Crippen LogP contribution in [0.25, 0.3) is 0 Å². The van der Waals surface area contributed by atoms with Crippen molar-refractivity contribution in [2.75, 3.05) is 44.6 Å². The Hall–Kier alpha value is -1.60. The molecule has 2 amide bonds. The molecule has 0 atom stereocenters. The van der Waals surface area contributed by atoms with Gasteiger partial charge in [0.05, 0.1) is 4.47 Å². The van der Waals surface area contributed by atoms with Crippen molar-refractivity contribution in [3.05, 3.63) is 22.7 Å². The number of anilines is 1. The molecular formula is C18H24BrN3O3. The zero-order valence-electron chi connectivity index (χ0n) is 14.5. The quantitative estimate of drug-likeness (QED) is 0.782. The van der Waals surface area contributed by atoms with Crippen molar-refractivity contribution in [2.45, 2.75) is 19.8 Å². The standard InChI is InChI=1S/C18H24BrN3O3/c1-13(23)22-8-6-21(7-9-22)10-11-25-17-5-4-15(12-16(17)19)20-18(24)14-2-3-14/h4-5,12,14H,2-3,6-11H2,1H3,(H,20,24). The van der Waals surface area contributed by atoms with E-state index in [9.17, 15) is 9.59 Å². The maximum Gasteiger partial charge on any atom is 0.227 e. The van der Waals surface area contributed by atoms with Crippen LogP contribution in [0.5, 0.6) is 5.75 Å². The first kappa shape index (κ1) is 18.2. The third kappa shape index (κ3) is 5.19.